The molecular weight excluding hydrogens is 322 g/mol. The van der Waals surface area contributed by atoms with Gasteiger partial charge in [-0.25, -0.2) is 9.67 Å². The minimum atomic E-state index is 0.906. The molecule has 0 unspecified atom stereocenters. The maximum absolute atomic E-state index is 4.66. The van der Waals surface area contributed by atoms with Crippen LogP contribution < -0.4 is 0 Å². The van der Waals surface area contributed by atoms with Crippen LogP contribution in [0, 0.1) is 13.8 Å². The van der Waals surface area contributed by atoms with E-state index < -0.39 is 0 Å². The van der Waals surface area contributed by atoms with Crippen LogP contribution in [-0.2, 0) is 0 Å². The zero-order valence-electron chi connectivity index (χ0n) is 10.6. The van der Waals surface area contributed by atoms with Gasteiger partial charge in [-0.2, -0.15) is 5.10 Å². The Morgan fingerprint density at radius 3 is 2.53 bits per heavy atom. The molecular formula is C14H12BrN3S. The molecule has 0 aliphatic heterocycles. The van der Waals surface area contributed by atoms with Gasteiger partial charge >= 0.3 is 0 Å². The molecule has 3 aromatic rings. The molecule has 0 amide bonds. The monoisotopic (exact) mass is 333 g/mol. The average Bonchev–Trinajstić information content (AvgIpc) is 2.97. The van der Waals surface area contributed by atoms with Crippen LogP contribution in [0.1, 0.15) is 11.4 Å². The Morgan fingerprint density at radius 2 is 1.89 bits per heavy atom. The van der Waals surface area contributed by atoms with Gasteiger partial charge in [-0.1, -0.05) is 28.1 Å². The number of halogens is 1. The third kappa shape index (κ3) is 2.48. The normalized spacial score (nSPS) is 10.9. The minimum Gasteiger partial charge on any atom is -0.218 e. The van der Waals surface area contributed by atoms with Crippen molar-refractivity contribution in [2.45, 2.75) is 13.8 Å². The van der Waals surface area contributed by atoms with Crippen molar-refractivity contribution in [2.24, 2.45) is 0 Å². The van der Waals surface area contributed by atoms with E-state index in [4.69, 9.17) is 0 Å². The van der Waals surface area contributed by atoms with Crippen LogP contribution in [0.15, 0.2) is 40.2 Å². The Bertz CT molecular complexity index is 713. The first kappa shape index (κ1) is 12.6. The fourth-order valence-electron chi connectivity index (χ4n) is 1.94. The van der Waals surface area contributed by atoms with Crippen molar-refractivity contribution in [1.29, 1.82) is 0 Å². The van der Waals surface area contributed by atoms with Gasteiger partial charge in [0.2, 0.25) is 5.13 Å². The van der Waals surface area contributed by atoms with Crippen LogP contribution in [0.4, 0.5) is 0 Å². The van der Waals surface area contributed by atoms with Crippen molar-refractivity contribution in [1.82, 2.24) is 14.8 Å². The molecule has 0 N–H and O–H groups in total. The summed E-state index contributed by atoms with van der Waals surface area (Å²) in [5.41, 5.74) is 4.22. The van der Waals surface area contributed by atoms with E-state index in [-0.39, 0.29) is 0 Å². The molecule has 3 nitrogen and oxygen atoms in total. The van der Waals surface area contributed by atoms with E-state index >= 15 is 0 Å². The third-order valence-corrected chi connectivity index (χ3v) is 4.17. The molecule has 0 atom stereocenters. The highest BCUT2D eigenvalue weighted by Crippen LogP contribution is 2.25. The van der Waals surface area contributed by atoms with Gasteiger partial charge in [-0.05, 0) is 32.0 Å². The molecule has 96 valence electrons. The fourth-order valence-corrected chi connectivity index (χ4v) is 3.04. The van der Waals surface area contributed by atoms with Gasteiger partial charge in [0.1, 0.15) is 0 Å². The van der Waals surface area contributed by atoms with Crippen LogP contribution in [-0.4, -0.2) is 14.8 Å². The topological polar surface area (TPSA) is 30.7 Å². The van der Waals surface area contributed by atoms with Crippen molar-refractivity contribution >= 4 is 27.3 Å². The number of benzene rings is 1. The molecule has 0 saturated carbocycles. The van der Waals surface area contributed by atoms with E-state index in [2.05, 4.69) is 49.6 Å². The number of aryl methyl sites for hydroxylation is 2. The van der Waals surface area contributed by atoms with Crippen LogP contribution in [0.25, 0.3) is 16.4 Å². The van der Waals surface area contributed by atoms with E-state index in [9.17, 15) is 0 Å². The van der Waals surface area contributed by atoms with E-state index in [0.29, 0.717) is 0 Å². The zero-order valence-corrected chi connectivity index (χ0v) is 13.0. The van der Waals surface area contributed by atoms with E-state index in [1.807, 2.05) is 30.7 Å². The molecule has 3 rings (SSSR count). The lowest BCUT2D eigenvalue weighted by molar-refractivity contribution is 0.826. The summed E-state index contributed by atoms with van der Waals surface area (Å²) in [7, 11) is 0. The van der Waals surface area contributed by atoms with Crippen molar-refractivity contribution in [3.63, 3.8) is 0 Å². The predicted octanol–water partition coefficient (Wildman–Crippen LogP) is 4.38. The molecule has 1 aromatic carbocycles. The number of nitrogens with zero attached hydrogens (tertiary/aromatic N) is 3. The lowest BCUT2D eigenvalue weighted by Crippen LogP contribution is -1.98. The molecule has 2 aromatic heterocycles. The number of thiazole rings is 1. The average molecular weight is 334 g/mol. The van der Waals surface area contributed by atoms with Gasteiger partial charge in [0.15, 0.2) is 0 Å². The van der Waals surface area contributed by atoms with Crippen LogP contribution in [0.2, 0.25) is 0 Å². The molecule has 0 aliphatic rings. The maximum Gasteiger partial charge on any atom is 0.211 e. The summed E-state index contributed by atoms with van der Waals surface area (Å²) in [5, 5.41) is 7.43. The highest BCUT2D eigenvalue weighted by atomic mass is 79.9. The lowest BCUT2D eigenvalue weighted by atomic mass is 10.2. The maximum atomic E-state index is 4.66. The Hall–Kier alpha value is -1.46. The zero-order chi connectivity index (χ0) is 13.4. The largest absolute Gasteiger partial charge is 0.218 e. The summed E-state index contributed by atoms with van der Waals surface area (Å²) < 4.78 is 2.97. The van der Waals surface area contributed by atoms with Gasteiger partial charge in [-0.15, -0.1) is 11.3 Å². The van der Waals surface area contributed by atoms with Gasteiger partial charge in [0.05, 0.1) is 11.4 Å². The van der Waals surface area contributed by atoms with Gasteiger partial charge < -0.3 is 0 Å². The molecule has 0 fully saturated rings. The number of hydrogen-bond acceptors (Lipinski definition) is 3. The quantitative estimate of drug-likeness (QED) is 0.696. The summed E-state index contributed by atoms with van der Waals surface area (Å²) in [5.74, 6) is 0. The van der Waals surface area contributed by atoms with Crippen LogP contribution in [0.3, 0.4) is 0 Å². The second kappa shape index (κ2) is 4.90. The summed E-state index contributed by atoms with van der Waals surface area (Å²) in [4.78, 5) is 4.66. The number of rotatable bonds is 2. The number of hydrogen-bond donors (Lipinski definition) is 0. The van der Waals surface area contributed by atoms with Crippen molar-refractivity contribution in [2.75, 3.05) is 0 Å². The summed E-state index contributed by atoms with van der Waals surface area (Å²) in [6.07, 6.45) is 0. The Morgan fingerprint density at radius 1 is 1.16 bits per heavy atom. The molecule has 19 heavy (non-hydrogen) atoms. The highest BCUT2D eigenvalue weighted by molar-refractivity contribution is 9.10. The second-order valence-electron chi connectivity index (χ2n) is 4.36. The van der Waals surface area contributed by atoms with Crippen LogP contribution >= 0.6 is 27.3 Å². The SMILES string of the molecule is Cc1cc(C)n(-c2nc(-c3ccc(Br)cc3)cs2)n1. The standard InChI is InChI=1S/C14H12BrN3S/c1-9-7-10(2)18(17-9)14-16-13(8-19-14)11-3-5-12(15)6-4-11/h3-8H,1-2H3. The Labute approximate surface area is 124 Å². The molecule has 0 spiro atoms. The second-order valence-corrected chi connectivity index (χ2v) is 6.11. The van der Waals surface area contributed by atoms with E-state index in [1.54, 1.807) is 11.3 Å². The van der Waals surface area contributed by atoms with Crippen molar-refractivity contribution in [3.8, 4) is 16.4 Å². The van der Waals surface area contributed by atoms with E-state index in [0.717, 1.165) is 32.2 Å². The summed E-state index contributed by atoms with van der Waals surface area (Å²) >= 11 is 5.05. The molecule has 5 heteroatoms. The van der Waals surface area contributed by atoms with Gasteiger partial charge in [0, 0.05) is 21.1 Å². The number of aromatic nitrogens is 3. The van der Waals surface area contributed by atoms with Crippen molar-refractivity contribution < 1.29 is 0 Å². The first-order valence-electron chi connectivity index (χ1n) is 5.88. The first-order chi connectivity index (χ1) is 9.13. The molecule has 0 bridgehead atoms. The predicted molar refractivity (Wildman–Crippen MR) is 81.8 cm³/mol. The summed E-state index contributed by atoms with van der Waals surface area (Å²) in [6.45, 7) is 4.04. The molecule has 2 heterocycles. The van der Waals surface area contributed by atoms with Crippen molar-refractivity contribution in [3.05, 3.63) is 51.6 Å². The molecule has 0 aliphatic carbocycles. The fraction of sp³-hybridized carbons (Fsp3) is 0.143. The smallest absolute Gasteiger partial charge is 0.211 e. The van der Waals surface area contributed by atoms with Gasteiger partial charge in [0.25, 0.3) is 0 Å². The van der Waals surface area contributed by atoms with E-state index in [1.165, 1.54) is 0 Å². The molecule has 0 radical (unpaired) electrons. The molecule has 0 saturated heterocycles. The third-order valence-electron chi connectivity index (χ3n) is 2.82. The summed E-state index contributed by atoms with van der Waals surface area (Å²) in [6, 6.07) is 10.2. The lowest BCUT2D eigenvalue weighted by Gasteiger charge is -1.98. The minimum absolute atomic E-state index is 0.906. The highest BCUT2D eigenvalue weighted by Gasteiger charge is 2.09. The van der Waals surface area contributed by atoms with Crippen LogP contribution in [0.5, 0.6) is 0 Å². The van der Waals surface area contributed by atoms with Gasteiger partial charge in [-0.3, -0.25) is 0 Å². The Kier molecular flexibility index (Phi) is 3.24. The Balaban J connectivity index is 1.99. The first-order valence-corrected chi connectivity index (χ1v) is 7.56.